The van der Waals surface area contributed by atoms with Crippen LogP contribution in [0, 0.1) is 17.8 Å². The number of rotatable bonds is 6. The van der Waals surface area contributed by atoms with Crippen molar-refractivity contribution >= 4 is 22.1 Å². The zero-order valence-corrected chi connectivity index (χ0v) is 15.6. The van der Waals surface area contributed by atoms with E-state index in [0.29, 0.717) is 18.3 Å². The van der Waals surface area contributed by atoms with Crippen LogP contribution in [0.2, 0.25) is 0 Å². The highest BCUT2D eigenvalue weighted by atomic mass is 32.2. The van der Waals surface area contributed by atoms with Gasteiger partial charge in [0.1, 0.15) is 0 Å². The van der Waals surface area contributed by atoms with E-state index in [1.807, 2.05) is 13.8 Å². The summed E-state index contributed by atoms with van der Waals surface area (Å²) in [6, 6.07) is -1.53. The molecule has 7 nitrogen and oxygen atoms in total. The third-order valence-corrected chi connectivity index (χ3v) is 6.50. The molecule has 2 bridgehead atoms. The molecule has 2 aliphatic rings. The van der Waals surface area contributed by atoms with E-state index < -0.39 is 22.1 Å². The van der Waals surface area contributed by atoms with Crippen LogP contribution < -0.4 is 10.6 Å². The van der Waals surface area contributed by atoms with Gasteiger partial charge in [-0.3, -0.25) is 5.32 Å². The van der Waals surface area contributed by atoms with Crippen molar-refractivity contribution in [1.82, 2.24) is 14.9 Å². The minimum atomic E-state index is -3.69. The molecule has 4 atom stereocenters. The number of urea groups is 2. The average molecular weight is 359 g/mol. The molecule has 2 N–H and O–H groups in total. The van der Waals surface area contributed by atoms with Gasteiger partial charge in [0.25, 0.3) is 0 Å². The number of nitrogens with zero attached hydrogens (tertiary/aromatic N) is 1. The van der Waals surface area contributed by atoms with Crippen molar-refractivity contribution in [3.8, 4) is 0 Å². The Kier molecular flexibility index (Phi) is 6.11. The second-order valence-electron chi connectivity index (χ2n) is 7.22. The molecule has 0 aliphatic heterocycles. The summed E-state index contributed by atoms with van der Waals surface area (Å²) in [6.07, 6.45) is 7.18. The first kappa shape index (κ1) is 19.0. The predicted octanol–water partition coefficient (Wildman–Crippen LogP) is 2.29. The van der Waals surface area contributed by atoms with E-state index in [1.54, 1.807) is 0 Å². The number of nitrogens with one attached hydrogen (secondary N) is 2. The van der Waals surface area contributed by atoms with Crippen molar-refractivity contribution in [3.05, 3.63) is 0 Å². The zero-order valence-electron chi connectivity index (χ0n) is 14.7. The Labute approximate surface area is 144 Å². The lowest BCUT2D eigenvalue weighted by molar-refractivity contribution is 0.207. The maximum Gasteiger partial charge on any atom is 0.339 e. The van der Waals surface area contributed by atoms with Gasteiger partial charge >= 0.3 is 12.1 Å². The molecule has 0 aromatic heterocycles. The molecule has 2 rings (SSSR count). The Hall–Kier alpha value is -1.31. The number of imide groups is 1. The Morgan fingerprint density at radius 2 is 1.96 bits per heavy atom. The Bertz CT molecular complexity index is 578. The van der Waals surface area contributed by atoms with Crippen LogP contribution >= 0.6 is 0 Å². The van der Waals surface area contributed by atoms with Crippen LogP contribution in [-0.2, 0) is 10.0 Å². The summed E-state index contributed by atoms with van der Waals surface area (Å²) < 4.78 is 24.1. The van der Waals surface area contributed by atoms with Crippen molar-refractivity contribution in [2.24, 2.45) is 17.8 Å². The van der Waals surface area contributed by atoms with E-state index in [2.05, 4.69) is 10.6 Å². The summed E-state index contributed by atoms with van der Waals surface area (Å²) in [5, 5.41) is 4.96. The van der Waals surface area contributed by atoms with Gasteiger partial charge in [-0.05, 0) is 50.4 Å². The van der Waals surface area contributed by atoms with Crippen LogP contribution in [0.4, 0.5) is 9.59 Å². The van der Waals surface area contributed by atoms with Crippen molar-refractivity contribution < 1.29 is 18.0 Å². The smallest absolute Gasteiger partial charge is 0.335 e. The number of sulfonamides is 1. The lowest BCUT2D eigenvalue weighted by Crippen LogP contribution is -2.52. The normalized spacial score (nSPS) is 26.9. The Morgan fingerprint density at radius 1 is 1.25 bits per heavy atom. The Morgan fingerprint density at radius 3 is 2.46 bits per heavy atom. The van der Waals surface area contributed by atoms with Gasteiger partial charge in [0, 0.05) is 12.6 Å². The first-order chi connectivity index (χ1) is 11.2. The molecule has 0 heterocycles. The van der Waals surface area contributed by atoms with Gasteiger partial charge in [0.05, 0.1) is 6.26 Å². The summed E-state index contributed by atoms with van der Waals surface area (Å²) in [6.45, 7) is 3.94. The number of amides is 4. The molecular weight excluding hydrogens is 330 g/mol. The van der Waals surface area contributed by atoms with Crippen molar-refractivity contribution in [3.63, 3.8) is 0 Å². The second-order valence-corrected chi connectivity index (χ2v) is 9.13. The highest BCUT2D eigenvalue weighted by molar-refractivity contribution is 7.88. The lowest BCUT2D eigenvalue weighted by atomic mass is 9.84. The van der Waals surface area contributed by atoms with Crippen LogP contribution in [0.5, 0.6) is 0 Å². The van der Waals surface area contributed by atoms with Crippen LogP contribution in [0.15, 0.2) is 0 Å². The molecule has 2 saturated carbocycles. The van der Waals surface area contributed by atoms with Gasteiger partial charge in [-0.25, -0.2) is 22.3 Å². The fourth-order valence-corrected chi connectivity index (χ4v) is 4.94. The second kappa shape index (κ2) is 7.72. The van der Waals surface area contributed by atoms with E-state index >= 15 is 0 Å². The summed E-state index contributed by atoms with van der Waals surface area (Å²) in [7, 11) is -3.69. The molecule has 4 amide bonds. The number of fused-ring (bicyclic) bond motifs is 2. The van der Waals surface area contributed by atoms with Gasteiger partial charge in [-0.2, -0.15) is 0 Å². The third kappa shape index (κ3) is 4.62. The summed E-state index contributed by atoms with van der Waals surface area (Å²) >= 11 is 0. The molecule has 0 spiro atoms. The molecule has 0 saturated heterocycles. The molecule has 2 fully saturated rings. The largest absolute Gasteiger partial charge is 0.339 e. The molecule has 24 heavy (non-hydrogen) atoms. The summed E-state index contributed by atoms with van der Waals surface area (Å²) in [5.41, 5.74) is 0. The van der Waals surface area contributed by atoms with Gasteiger partial charge in [-0.1, -0.05) is 19.8 Å². The first-order valence-electron chi connectivity index (χ1n) is 8.81. The molecule has 0 aromatic rings. The van der Waals surface area contributed by atoms with E-state index in [-0.39, 0.29) is 12.6 Å². The van der Waals surface area contributed by atoms with Gasteiger partial charge in [0.2, 0.25) is 10.0 Å². The van der Waals surface area contributed by atoms with Crippen LogP contribution in [-0.4, -0.2) is 43.6 Å². The molecule has 2 aliphatic carbocycles. The first-order valence-corrected chi connectivity index (χ1v) is 10.7. The number of carbonyl (C=O) groups excluding carboxylic acids is 2. The predicted molar refractivity (Wildman–Crippen MR) is 91.9 cm³/mol. The van der Waals surface area contributed by atoms with Crippen molar-refractivity contribution in [2.75, 3.05) is 12.8 Å². The molecule has 8 heteroatoms. The van der Waals surface area contributed by atoms with E-state index in [9.17, 15) is 18.0 Å². The standard InChI is InChI=1S/C16H29N3O4S/c1-4-5-8-19(24(3,22)23)16(21)18-15(20)17-11(2)14-10-12-6-7-13(14)9-12/h11-14H,4-10H2,1-3H3,(H2,17,18,20,21)/t11-,12-,13-,14+/m0/s1. The topological polar surface area (TPSA) is 95.6 Å². The van der Waals surface area contributed by atoms with Gasteiger partial charge < -0.3 is 5.32 Å². The highest BCUT2D eigenvalue weighted by Crippen LogP contribution is 2.49. The minimum Gasteiger partial charge on any atom is -0.335 e. The average Bonchev–Trinajstić information content (AvgIpc) is 3.08. The van der Waals surface area contributed by atoms with Crippen LogP contribution in [0.3, 0.4) is 0 Å². The summed E-state index contributed by atoms with van der Waals surface area (Å²) in [4.78, 5) is 24.2. The number of carbonyl (C=O) groups is 2. The molecular formula is C16H29N3O4S. The van der Waals surface area contributed by atoms with Gasteiger partial charge in [-0.15, -0.1) is 0 Å². The maximum absolute atomic E-state index is 12.1. The fraction of sp³-hybridized carbons (Fsp3) is 0.875. The molecule has 0 aromatic carbocycles. The van der Waals surface area contributed by atoms with E-state index in [4.69, 9.17) is 0 Å². The number of hydrogen-bond acceptors (Lipinski definition) is 4. The third-order valence-electron chi connectivity index (χ3n) is 5.36. The number of hydrogen-bond donors (Lipinski definition) is 2. The van der Waals surface area contributed by atoms with E-state index in [1.165, 1.54) is 19.3 Å². The monoisotopic (exact) mass is 359 g/mol. The van der Waals surface area contributed by atoms with E-state index in [0.717, 1.165) is 29.3 Å². The quantitative estimate of drug-likeness (QED) is 0.760. The molecule has 0 radical (unpaired) electrons. The van der Waals surface area contributed by atoms with Gasteiger partial charge in [0.15, 0.2) is 0 Å². The lowest BCUT2D eigenvalue weighted by Gasteiger charge is -2.28. The highest BCUT2D eigenvalue weighted by Gasteiger charge is 2.42. The van der Waals surface area contributed by atoms with Crippen LogP contribution in [0.25, 0.3) is 0 Å². The zero-order chi connectivity index (χ0) is 17.9. The fourth-order valence-electron chi connectivity index (χ4n) is 4.14. The molecule has 0 unspecified atom stereocenters. The van der Waals surface area contributed by atoms with Crippen LogP contribution in [0.1, 0.15) is 52.4 Å². The Balaban J connectivity index is 1.87. The number of unbranched alkanes of at least 4 members (excludes halogenated alkanes) is 1. The molecule has 138 valence electrons. The van der Waals surface area contributed by atoms with Crippen molar-refractivity contribution in [1.29, 1.82) is 0 Å². The SMILES string of the molecule is CCCCN(C(=O)NC(=O)N[C@@H](C)[C@H]1C[C@H]2CC[C@H]1C2)S(C)(=O)=O. The van der Waals surface area contributed by atoms with Crippen molar-refractivity contribution in [2.45, 2.75) is 58.4 Å². The maximum atomic E-state index is 12.1. The summed E-state index contributed by atoms with van der Waals surface area (Å²) in [5.74, 6) is 1.90. The minimum absolute atomic E-state index is 0.0181.